The minimum atomic E-state index is -0.663. The van der Waals surface area contributed by atoms with E-state index in [1.807, 2.05) is 43.2 Å². The second-order valence-corrected chi connectivity index (χ2v) is 11.8. The number of carbonyl (C=O) groups is 2. The zero-order valence-corrected chi connectivity index (χ0v) is 17.8. The number of rotatable bonds is 10. The molecule has 2 atom stereocenters. The number of carboxylic acid groups (broad SMARTS) is 1. The van der Waals surface area contributed by atoms with Crippen molar-refractivity contribution in [3.8, 4) is 0 Å². The van der Waals surface area contributed by atoms with Crippen LogP contribution in [0.25, 0.3) is 0 Å². The summed E-state index contributed by atoms with van der Waals surface area (Å²) >= 11 is 0. The number of unbranched alkanes of at least 4 members (excludes halogenated alkanes) is 2. The van der Waals surface area contributed by atoms with Gasteiger partial charge in [-0.25, -0.2) is 0 Å². The number of Topliss-reactive ketones (excluding diaryl/α,β-unsaturated/α-hetero) is 1. The van der Waals surface area contributed by atoms with Crippen LogP contribution in [0.3, 0.4) is 0 Å². The molecule has 2 unspecified atom stereocenters. The van der Waals surface area contributed by atoms with E-state index >= 15 is 0 Å². The fourth-order valence-electron chi connectivity index (χ4n) is 2.52. The van der Waals surface area contributed by atoms with Gasteiger partial charge in [-0.3, -0.25) is 4.79 Å². The number of ketones is 1. The maximum Gasteiger partial charge on any atom is 0.303 e. The van der Waals surface area contributed by atoms with E-state index in [9.17, 15) is 9.59 Å². The third-order valence-electron chi connectivity index (χ3n) is 3.93. The molecule has 1 N–H and O–H groups in total. The van der Waals surface area contributed by atoms with Crippen molar-refractivity contribution in [2.24, 2.45) is 0 Å². The molecule has 140 valence electrons. The van der Waals surface area contributed by atoms with E-state index in [2.05, 4.69) is 0 Å². The Bertz CT molecular complexity index is 320. The molecule has 2 aliphatic rings. The molecule has 0 aliphatic carbocycles. The zero-order chi connectivity index (χ0) is 17.6. The van der Waals surface area contributed by atoms with E-state index in [0.29, 0.717) is 12.2 Å². The minimum Gasteiger partial charge on any atom is -0.481 e. The molecule has 7 heteroatoms. The fourth-order valence-corrected chi connectivity index (χ4v) is 8.58. The van der Waals surface area contributed by atoms with Gasteiger partial charge in [0.2, 0.25) is 0 Å². The normalized spacial score (nSPS) is 22.9. The first-order valence-electron chi connectivity index (χ1n) is 8.85. The Morgan fingerprint density at radius 2 is 1.38 bits per heavy atom. The van der Waals surface area contributed by atoms with Gasteiger partial charge in [-0.2, -0.15) is 0 Å². The standard InChI is InChI=1S/C9H16OS2.C8H14O2S2/c1-8(10)4-2-3-5-9-6-7-11-12-9;9-8(10)4-2-1-3-7-5-6-11-12-7/h9H,2-7H2,1H3;7H,1-6H2,(H,9,10). The summed E-state index contributed by atoms with van der Waals surface area (Å²) in [7, 11) is 7.95. The van der Waals surface area contributed by atoms with Crippen LogP contribution < -0.4 is 0 Å². The Kier molecular flexibility index (Phi) is 13.8. The van der Waals surface area contributed by atoms with Crippen LogP contribution in [0.2, 0.25) is 0 Å². The van der Waals surface area contributed by atoms with Crippen LogP contribution in [0, 0.1) is 0 Å². The molecular weight excluding hydrogens is 380 g/mol. The lowest BCUT2D eigenvalue weighted by Gasteiger charge is -2.05. The quantitative estimate of drug-likeness (QED) is 0.346. The van der Waals surface area contributed by atoms with Crippen LogP contribution in [-0.4, -0.2) is 38.9 Å². The molecule has 2 fully saturated rings. The Balaban J connectivity index is 0.000000240. The van der Waals surface area contributed by atoms with Crippen LogP contribution >= 0.6 is 43.2 Å². The number of carboxylic acids is 1. The van der Waals surface area contributed by atoms with Gasteiger partial charge in [0.05, 0.1) is 0 Å². The summed E-state index contributed by atoms with van der Waals surface area (Å²) in [6.07, 6.45) is 10.6. The van der Waals surface area contributed by atoms with Gasteiger partial charge in [0.15, 0.2) is 0 Å². The van der Waals surface area contributed by atoms with Crippen LogP contribution in [0.4, 0.5) is 0 Å². The Labute approximate surface area is 162 Å². The molecule has 0 aromatic carbocycles. The highest BCUT2D eigenvalue weighted by atomic mass is 33.1. The summed E-state index contributed by atoms with van der Waals surface area (Å²) in [6, 6.07) is 0. The van der Waals surface area contributed by atoms with Crippen LogP contribution in [0.1, 0.15) is 71.1 Å². The molecule has 2 aliphatic heterocycles. The number of carbonyl (C=O) groups excluding carboxylic acids is 1. The molecule has 0 spiro atoms. The van der Waals surface area contributed by atoms with Gasteiger partial charge < -0.3 is 9.90 Å². The van der Waals surface area contributed by atoms with Crippen molar-refractivity contribution in [2.75, 3.05) is 11.5 Å². The van der Waals surface area contributed by atoms with E-state index in [4.69, 9.17) is 5.11 Å². The predicted molar refractivity (Wildman–Crippen MR) is 112 cm³/mol. The summed E-state index contributed by atoms with van der Waals surface area (Å²) in [5, 5.41) is 10.1. The molecule has 0 radical (unpaired) electrons. The van der Waals surface area contributed by atoms with Crippen molar-refractivity contribution in [3.05, 3.63) is 0 Å². The lowest BCUT2D eigenvalue weighted by atomic mass is 10.1. The maximum atomic E-state index is 10.6. The first-order chi connectivity index (χ1) is 11.6. The molecule has 0 bridgehead atoms. The minimum absolute atomic E-state index is 0.337. The Morgan fingerprint density at radius 3 is 1.75 bits per heavy atom. The van der Waals surface area contributed by atoms with Gasteiger partial charge in [-0.1, -0.05) is 56.0 Å². The van der Waals surface area contributed by atoms with Crippen molar-refractivity contribution in [1.29, 1.82) is 0 Å². The van der Waals surface area contributed by atoms with E-state index in [-0.39, 0.29) is 0 Å². The lowest BCUT2D eigenvalue weighted by molar-refractivity contribution is -0.137. The fraction of sp³-hybridized carbons (Fsp3) is 0.882. The number of hydrogen-bond donors (Lipinski definition) is 1. The monoisotopic (exact) mass is 410 g/mol. The van der Waals surface area contributed by atoms with Crippen molar-refractivity contribution in [3.63, 3.8) is 0 Å². The molecular formula is C17H30O3S4. The Morgan fingerprint density at radius 1 is 0.875 bits per heavy atom. The molecule has 0 amide bonds. The van der Waals surface area contributed by atoms with Gasteiger partial charge in [-0.05, 0) is 45.4 Å². The van der Waals surface area contributed by atoms with Gasteiger partial charge in [0.25, 0.3) is 0 Å². The molecule has 2 heterocycles. The highest BCUT2D eigenvalue weighted by Crippen LogP contribution is 2.40. The summed E-state index contributed by atoms with van der Waals surface area (Å²) in [5.41, 5.74) is 0. The van der Waals surface area contributed by atoms with E-state index < -0.39 is 5.97 Å². The maximum absolute atomic E-state index is 10.6. The van der Waals surface area contributed by atoms with Gasteiger partial charge in [0, 0.05) is 34.8 Å². The molecule has 2 rings (SSSR count). The van der Waals surface area contributed by atoms with Crippen molar-refractivity contribution in [1.82, 2.24) is 0 Å². The molecule has 0 saturated carbocycles. The summed E-state index contributed by atoms with van der Waals surface area (Å²) < 4.78 is 0. The zero-order valence-electron chi connectivity index (χ0n) is 14.5. The molecule has 0 aromatic heterocycles. The van der Waals surface area contributed by atoms with Crippen LogP contribution in [0.5, 0.6) is 0 Å². The van der Waals surface area contributed by atoms with Crippen molar-refractivity contribution in [2.45, 2.75) is 81.6 Å². The predicted octanol–water partition coefficient (Wildman–Crippen LogP) is 6.07. The highest BCUT2D eigenvalue weighted by Gasteiger charge is 2.16. The smallest absolute Gasteiger partial charge is 0.303 e. The lowest BCUT2D eigenvalue weighted by Crippen LogP contribution is -1.99. The van der Waals surface area contributed by atoms with Crippen molar-refractivity contribution >= 4 is 54.9 Å². The first kappa shape index (κ1) is 22.6. The van der Waals surface area contributed by atoms with Crippen molar-refractivity contribution < 1.29 is 14.7 Å². The van der Waals surface area contributed by atoms with E-state index in [0.717, 1.165) is 36.2 Å². The topological polar surface area (TPSA) is 54.4 Å². The average Bonchev–Trinajstić information content (AvgIpc) is 3.22. The van der Waals surface area contributed by atoms with Gasteiger partial charge in [-0.15, -0.1) is 0 Å². The Hall–Kier alpha value is 0.540. The average molecular weight is 411 g/mol. The molecule has 2 saturated heterocycles. The summed E-state index contributed by atoms with van der Waals surface area (Å²) in [5.74, 6) is 2.27. The second-order valence-electron chi connectivity index (χ2n) is 6.25. The third-order valence-corrected chi connectivity index (χ3v) is 9.94. The van der Waals surface area contributed by atoms with Crippen LogP contribution in [0.15, 0.2) is 0 Å². The molecule has 24 heavy (non-hydrogen) atoms. The highest BCUT2D eigenvalue weighted by molar-refractivity contribution is 8.77. The second kappa shape index (κ2) is 14.7. The SMILES string of the molecule is CC(=O)CCCCC1CCSS1.O=C(O)CCCCC1CCSS1. The van der Waals surface area contributed by atoms with Gasteiger partial charge >= 0.3 is 5.97 Å². The number of hydrogen-bond acceptors (Lipinski definition) is 6. The van der Waals surface area contributed by atoms with Crippen LogP contribution in [-0.2, 0) is 9.59 Å². The summed E-state index contributed by atoms with van der Waals surface area (Å²) in [6.45, 7) is 1.68. The molecule has 3 nitrogen and oxygen atoms in total. The third kappa shape index (κ3) is 12.8. The van der Waals surface area contributed by atoms with E-state index in [1.54, 1.807) is 6.92 Å². The largest absolute Gasteiger partial charge is 0.481 e. The van der Waals surface area contributed by atoms with Gasteiger partial charge in [0.1, 0.15) is 5.78 Å². The number of aliphatic carboxylic acids is 1. The first-order valence-corrected chi connectivity index (χ1v) is 13.6. The summed E-state index contributed by atoms with van der Waals surface area (Å²) in [4.78, 5) is 20.8. The molecule has 0 aromatic rings. The van der Waals surface area contributed by atoms with E-state index in [1.165, 1.54) is 43.6 Å².